The monoisotopic (exact) mass is 262 g/mol. The Morgan fingerprint density at radius 2 is 2.17 bits per heavy atom. The molecule has 1 aliphatic carbocycles. The zero-order valence-electron chi connectivity index (χ0n) is 10.1. The van der Waals surface area contributed by atoms with Crippen molar-refractivity contribution < 1.29 is 4.42 Å². The molecule has 2 aromatic rings. The zero-order chi connectivity index (χ0) is 12.4. The van der Waals surface area contributed by atoms with Gasteiger partial charge >= 0.3 is 0 Å². The number of furan rings is 1. The summed E-state index contributed by atoms with van der Waals surface area (Å²) in [5, 5.41) is 0.460. The molecule has 0 unspecified atom stereocenters. The van der Waals surface area contributed by atoms with Gasteiger partial charge in [-0.1, -0.05) is 6.07 Å². The average Bonchev–Trinajstić information content (AvgIpc) is 3.15. The van der Waals surface area contributed by atoms with Crippen LogP contribution < -0.4 is 0 Å². The SMILES string of the molecule is Clc1ccc(CN(Cc2cccnc2)C2CC2)o1. The fraction of sp³-hybridized carbons (Fsp3) is 0.357. The molecule has 3 nitrogen and oxygen atoms in total. The van der Waals surface area contributed by atoms with Crippen LogP contribution in [0.15, 0.2) is 41.1 Å². The number of rotatable bonds is 5. The minimum atomic E-state index is 0.460. The van der Waals surface area contributed by atoms with E-state index in [1.54, 1.807) is 12.3 Å². The molecule has 0 amide bonds. The van der Waals surface area contributed by atoms with Crippen molar-refractivity contribution in [3.8, 4) is 0 Å². The van der Waals surface area contributed by atoms with Gasteiger partial charge in [0.1, 0.15) is 5.76 Å². The summed E-state index contributed by atoms with van der Waals surface area (Å²) in [5.74, 6) is 0.927. The summed E-state index contributed by atoms with van der Waals surface area (Å²) in [4.78, 5) is 6.58. The minimum Gasteiger partial charge on any atom is -0.448 e. The van der Waals surface area contributed by atoms with E-state index in [0.29, 0.717) is 11.3 Å². The Morgan fingerprint density at radius 1 is 1.28 bits per heavy atom. The molecular formula is C14H15ClN2O. The van der Waals surface area contributed by atoms with Gasteiger partial charge in [-0.15, -0.1) is 0 Å². The highest BCUT2D eigenvalue weighted by Gasteiger charge is 2.29. The molecule has 3 rings (SSSR count). The molecule has 94 valence electrons. The van der Waals surface area contributed by atoms with Crippen LogP contribution in [-0.2, 0) is 13.1 Å². The number of nitrogens with zero attached hydrogens (tertiary/aromatic N) is 2. The van der Waals surface area contributed by atoms with Gasteiger partial charge < -0.3 is 4.42 Å². The molecule has 4 heteroatoms. The van der Waals surface area contributed by atoms with E-state index >= 15 is 0 Å². The molecule has 1 aliphatic rings. The fourth-order valence-corrected chi connectivity index (χ4v) is 2.28. The van der Waals surface area contributed by atoms with Crippen molar-refractivity contribution in [2.24, 2.45) is 0 Å². The van der Waals surface area contributed by atoms with Gasteiger partial charge in [0.05, 0.1) is 6.54 Å². The van der Waals surface area contributed by atoms with Crippen molar-refractivity contribution in [1.82, 2.24) is 9.88 Å². The summed E-state index contributed by atoms with van der Waals surface area (Å²) in [6.45, 7) is 1.73. The van der Waals surface area contributed by atoms with Gasteiger partial charge in [0, 0.05) is 25.0 Å². The first kappa shape index (κ1) is 11.8. The number of aromatic nitrogens is 1. The maximum absolute atomic E-state index is 5.80. The van der Waals surface area contributed by atoms with Gasteiger partial charge in [-0.2, -0.15) is 0 Å². The molecule has 2 aromatic heterocycles. The molecule has 0 N–H and O–H groups in total. The molecule has 0 atom stereocenters. The quantitative estimate of drug-likeness (QED) is 0.826. The summed E-state index contributed by atoms with van der Waals surface area (Å²) >= 11 is 5.80. The standard InChI is InChI=1S/C14H15ClN2O/c15-14-6-5-13(18-14)10-17(12-3-4-12)9-11-2-1-7-16-8-11/h1-2,5-8,12H,3-4,9-10H2. The highest BCUT2D eigenvalue weighted by Crippen LogP contribution is 2.30. The topological polar surface area (TPSA) is 29.3 Å². The molecule has 0 spiro atoms. The maximum Gasteiger partial charge on any atom is 0.193 e. The second-order valence-corrected chi connectivity index (χ2v) is 5.08. The van der Waals surface area contributed by atoms with E-state index in [1.165, 1.54) is 18.4 Å². The Labute approximate surface area is 111 Å². The molecular weight excluding hydrogens is 248 g/mol. The Kier molecular flexibility index (Phi) is 3.35. The second-order valence-electron chi connectivity index (χ2n) is 4.70. The Bertz CT molecular complexity index is 508. The lowest BCUT2D eigenvalue weighted by molar-refractivity contribution is 0.225. The number of pyridine rings is 1. The highest BCUT2D eigenvalue weighted by molar-refractivity contribution is 6.28. The summed E-state index contributed by atoms with van der Waals surface area (Å²) < 4.78 is 5.44. The van der Waals surface area contributed by atoms with E-state index < -0.39 is 0 Å². The number of hydrogen-bond acceptors (Lipinski definition) is 3. The first-order chi connectivity index (χ1) is 8.81. The fourth-order valence-electron chi connectivity index (χ4n) is 2.12. The van der Waals surface area contributed by atoms with E-state index in [1.807, 2.05) is 18.3 Å². The second kappa shape index (κ2) is 5.12. The Balaban J connectivity index is 1.69. The Morgan fingerprint density at radius 3 is 2.78 bits per heavy atom. The van der Waals surface area contributed by atoms with Crippen molar-refractivity contribution in [2.75, 3.05) is 0 Å². The average molecular weight is 263 g/mol. The van der Waals surface area contributed by atoms with Gasteiger partial charge in [0.2, 0.25) is 0 Å². The van der Waals surface area contributed by atoms with Crippen LogP contribution in [0.3, 0.4) is 0 Å². The van der Waals surface area contributed by atoms with Gasteiger partial charge in [-0.3, -0.25) is 9.88 Å². The number of halogens is 1. The van der Waals surface area contributed by atoms with Crippen molar-refractivity contribution in [2.45, 2.75) is 32.0 Å². The molecule has 0 aliphatic heterocycles. The molecule has 2 heterocycles. The highest BCUT2D eigenvalue weighted by atomic mass is 35.5. The van der Waals surface area contributed by atoms with Crippen LogP contribution in [0.25, 0.3) is 0 Å². The summed E-state index contributed by atoms with van der Waals surface area (Å²) in [6.07, 6.45) is 6.27. The third-order valence-electron chi connectivity index (χ3n) is 3.16. The van der Waals surface area contributed by atoms with Crippen LogP contribution in [-0.4, -0.2) is 15.9 Å². The predicted molar refractivity (Wildman–Crippen MR) is 70.2 cm³/mol. The molecule has 18 heavy (non-hydrogen) atoms. The van der Waals surface area contributed by atoms with Crippen LogP contribution >= 0.6 is 11.6 Å². The zero-order valence-corrected chi connectivity index (χ0v) is 10.8. The van der Waals surface area contributed by atoms with E-state index in [4.69, 9.17) is 16.0 Å². The summed E-state index contributed by atoms with van der Waals surface area (Å²) in [5.41, 5.74) is 1.24. The van der Waals surface area contributed by atoms with E-state index in [9.17, 15) is 0 Å². The number of hydrogen-bond donors (Lipinski definition) is 0. The van der Waals surface area contributed by atoms with Crippen molar-refractivity contribution in [3.63, 3.8) is 0 Å². The molecule has 0 saturated heterocycles. The van der Waals surface area contributed by atoms with Crippen molar-refractivity contribution in [3.05, 3.63) is 53.2 Å². The third kappa shape index (κ3) is 2.92. The lowest BCUT2D eigenvalue weighted by Crippen LogP contribution is -2.24. The van der Waals surface area contributed by atoms with E-state index in [0.717, 1.165) is 18.8 Å². The summed E-state index contributed by atoms with van der Waals surface area (Å²) in [6, 6.07) is 8.50. The Hall–Kier alpha value is -1.32. The lowest BCUT2D eigenvalue weighted by atomic mass is 10.2. The van der Waals surface area contributed by atoms with Crippen LogP contribution in [0, 0.1) is 0 Å². The molecule has 1 saturated carbocycles. The summed E-state index contributed by atoms with van der Waals surface area (Å²) in [7, 11) is 0. The molecule has 0 aromatic carbocycles. The maximum atomic E-state index is 5.80. The van der Waals surface area contributed by atoms with Crippen LogP contribution in [0.2, 0.25) is 5.22 Å². The van der Waals surface area contributed by atoms with Crippen LogP contribution in [0.4, 0.5) is 0 Å². The minimum absolute atomic E-state index is 0.460. The first-order valence-corrected chi connectivity index (χ1v) is 6.56. The van der Waals surface area contributed by atoms with Crippen LogP contribution in [0.5, 0.6) is 0 Å². The smallest absolute Gasteiger partial charge is 0.193 e. The molecule has 1 fully saturated rings. The van der Waals surface area contributed by atoms with E-state index in [-0.39, 0.29) is 0 Å². The van der Waals surface area contributed by atoms with Crippen LogP contribution in [0.1, 0.15) is 24.2 Å². The normalized spacial score (nSPS) is 15.2. The van der Waals surface area contributed by atoms with Gasteiger partial charge in [-0.05, 0) is 48.2 Å². The third-order valence-corrected chi connectivity index (χ3v) is 3.36. The van der Waals surface area contributed by atoms with Gasteiger partial charge in [0.25, 0.3) is 0 Å². The predicted octanol–water partition coefficient (Wildman–Crippen LogP) is 3.49. The largest absolute Gasteiger partial charge is 0.448 e. The van der Waals surface area contributed by atoms with Crippen molar-refractivity contribution in [1.29, 1.82) is 0 Å². The molecule has 0 bridgehead atoms. The van der Waals surface area contributed by atoms with E-state index in [2.05, 4.69) is 16.0 Å². The van der Waals surface area contributed by atoms with Gasteiger partial charge in [0.15, 0.2) is 5.22 Å². The van der Waals surface area contributed by atoms with Gasteiger partial charge in [-0.25, -0.2) is 0 Å². The lowest BCUT2D eigenvalue weighted by Gasteiger charge is -2.20. The first-order valence-electron chi connectivity index (χ1n) is 6.18. The van der Waals surface area contributed by atoms with Crippen molar-refractivity contribution >= 4 is 11.6 Å². The molecule has 0 radical (unpaired) electrons.